The molecule has 1 aliphatic rings. The zero-order chi connectivity index (χ0) is 19.2. The van der Waals surface area contributed by atoms with Gasteiger partial charge in [0.1, 0.15) is 11.6 Å². The Kier molecular flexibility index (Phi) is 6.45. The molecule has 0 spiro atoms. The summed E-state index contributed by atoms with van der Waals surface area (Å²) in [6.07, 6.45) is 2.19. The molecule has 0 aromatic heterocycles. The van der Waals surface area contributed by atoms with E-state index >= 15 is 0 Å². The Bertz CT molecular complexity index is 851. The number of benzene rings is 2. The van der Waals surface area contributed by atoms with Crippen molar-refractivity contribution in [2.24, 2.45) is 5.10 Å². The van der Waals surface area contributed by atoms with Gasteiger partial charge < -0.3 is 9.64 Å². The molecule has 1 amide bonds. The van der Waals surface area contributed by atoms with Gasteiger partial charge in [-0.2, -0.15) is 5.10 Å². The standard InChI is InChI=1S/C20H21BrFN3O2/c1-14(18-8-7-16(22)12-19(18)25-9-2-3-10-25)23-24-20(26)13-27-17-6-4-5-15(21)11-17/h4-8,11-12H,2-3,9-10,13H2,1H3,(H,24,26). The zero-order valence-corrected chi connectivity index (χ0v) is 16.6. The highest BCUT2D eigenvalue weighted by Crippen LogP contribution is 2.26. The molecule has 3 rings (SSSR count). The number of amides is 1. The molecule has 0 aliphatic carbocycles. The summed E-state index contributed by atoms with van der Waals surface area (Å²) in [5.74, 6) is -0.0471. The Hall–Kier alpha value is -2.41. The summed E-state index contributed by atoms with van der Waals surface area (Å²) in [6.45, 7) is 3.45. The van der Waals surface area contributed by atoms with Crippen molar-refractivity contribution < 1.29 is 13.9 Å². The van der Waals surface area contributed by atoms with Crippen molar-refractivity contribution in [3.63, 3.8) is 0 Å². The lowest BCUT2D eigenvalue weighted by Gasteiger charge is -2.21. The van der Waals surface area contributed by atoms with Crippen LogP contribution in [0.5, 0.6) is 5.75 Å². The highest BCUT2D eigenvalue weighted by atomic mass is 79.9. The van der Waals surface area contributed by atoms with Gasteiger partial charge >= 0.3 is 0 Å². The van der Waals surface area contributed by atoms with Crippen molar-refractivity contribution in [1.82, 2.24) is 5.43 Å². The average Bonchev–Trinajstić information content (AvgIpc) is 3.19. The number of hydrogen-bond donors (Lipinski definition) is 1. The molecule has 142 valence electrons. The highest BCUT2D eigenvalue weighted by Gasteiger charge is 2.18. The molecule has 0 unspecified atom stereocenters. The lowest BCUT2D eigenvalue weighted by Crippen LogP contribution is -2.26. The minimum atomic E-state index is -0.362. The minimum absolute atomic E-state index is 0.143. The summed E-state index contributed by atoms with van der Waals surface area (Å²) in [5.41, 5.74) is 4.74. The van der Waals surface area contributed by atoms with Crippen molar-refractivity contribution in [3.05, 3.63) is 58.3 Å². The topological polar surface area (TPSA) is 53.9 Å². The van der Waals surface area contributed by atoms with Gasteiger partial charge in [0.2, 0.25) is 0 Å². The van der Waals surface area contributed by atoms with Crippen LogP contribution in [0.4, 0.5) is 10.1 Å². The fourth-order valence-electron chi connectivity index (χ4n) is 2.97. The van der Waals surface area contributed by atoms with Crippen molar-refractivity contribution in [2.45, 2.75) is 19.8 Å². The molecule has 2 aromatic rings. The number of carbonyl (C=O) groups is 1. The van der Waals surface area contributed by atoms with Crippen LogP contribution in [0.2, 0.25) is 0 Å². The number of halogens is 2. The summed E-state index contributed by atoms with van der Waals surface area (Å²) in [7, 11) is 0. The summed E-state index contributed by atoms with van der Waals surface area (Å²) in [6, 6.07) is 11.9. The van der Waals surface area contributed by atoms with Crippen molar-refractivity contribution in [2.75, 3.05) is 24.6 Å². The molecular weight excluding hydrogens is 413 g/mol. The molecule has 0 atom stereocenters. The maximum Gasteiger partial charge on any atom is 0.277 e. The van der Waals surface area contributed by atoms with E-state index in [1.807, 2.05) is 12.1 Å². The van der Waals surface area contributed by atoms with Crippen molar-refractivity contribution in [3.8, 4) is 5.75 Å². The fraction of sp³-hybridized carbons (Fsp3) is 0.300. The van der Waals surface area contributed by atoms with E-state index < -0.39 is 0 Å². The van der Waals surface area contributed by atoms with Crippen molar-refractivity contribution >= 4 is 33.2 Å². The molecule has 5 nitrogen and oxygen atoms in total. The molecule has 1 N–H and O–H groups in total. The smallest absolute Gasteiger partial charge is 0.277 e. The van der Waals surface area contributed by atoms with E-state index in [2.05, 4.69) is 31.4 Å². The van der Waals surface area contributed by atoms with Gasteiger partial charge in [0, 0.05) is 28.8 Å². The maximum absolute atomic E-state index is 13.7. The summed E-state index contributed by atoms with van der Waals surface area (Å²) >= 11 is 3.35. The van der Waals surface area contributed by atoms with E-state index in [-0.39, 0.29) is 18.3 Å². The van der Waals surface area contributed by atoms with E-state index in [1.165, 1.54) is 12.1 Å². The number of nitrogens with one attached hydrogen (secondary N) is 1. The largest absolute Gasteiger partial charge is 0.484 e. The Labute approximate surface area is 166 Å². The number of anilines is 1. The quantitative estimate of drug-likeness (QED) is 0.550. The second-order valence-corrected chi connectivity index (χ2v) is 7.25. The Balaban J connectivity index is 1.64. The minimum Gasteiger partial charge on any atom is -0.484 e. The second-order valence-electron chi connectivity index (χ2n) is 6.33. The molecule has 0 saturated carbocycles. The van der Waals surface area contributed by atoms with Crippen LogP contribution in [-0.4, -0.2) is 31.3 Å². The van der Waals surface area contributed by atoms with Gasteiger partial charge in [-0.15, -0.1) is 0 Å². The molecule has 0 radical (unpaired) electrons. The van der Waals surface area contributed by atoms with Crippen LogP contribution in [0, 0.1) is 5.82 Å². The number of hydrazone groups is 1. The monoisotopic (exact) mass is 433 g/mol. The number of carbonyl (C=O) groups excluding carboxylic acids is 1. The summed E-state index contributed by atoms with van der Waals surface area (Å²) in [4.78, 5) is 14.2. The molecule has 1 fully saturated rings. The Morgan fingerprint density at radius 3 is 2.78 bits per heavy atom. The van der Waals surface area contributed by atoms with Gasteiger partial charge in [-0.05, 0) is 56.2 Å². The van der Waals surface area contributed by atoms with E-state index in [9.17, 15) is 9.18 Å². The molecule has 1 saturated heterocycles. The number of nitrogens with zero attached hydrogens (tertiary/aromatic N) is 2. The van der Waals surface area contributed by atoms with Gasteiger partial charge in [-0.25, -0.2) is 9.82 Å². The first-order valence-corrected chi connectivity index (χ1v) is 9.58. The molecule has 1 aliphatic heterocycles. The van der Waals surface area contributed by atoms with E-state index in [0.717, 1.165) is 41.7 Å². The first-order valence-electron chi connectivity index (χ1n) is 8.79. The Morgan fingerprint density at radius 2 is 2.04 bits per heavy atom. The van der Waals surface area contributed by atoms with Gasteiger partial charge in [-0.3, -0.25) is 4.79 Å². The third-order valence-corrected chi connectivity index (χ3v) is 4.80. The highest BCUT2D eigenvalue weighted by molar-refractivity contribution is 9.10. The zero-order valence-electron chi connectivity index (χ0n) is 15.0. The maximum atomic E-state index is 13.7. The normalized spacial score (nSPS) is 14.3. The number of hydrogen-bond acceptors (Lipinski definition) is 4. The molecule has 27 heavy (non-hydrogen) atoms. The van der Waals surface area contributed by atoms with Gasteiger partial charge in [-0.1, -0.05) is 22.0 Å². The molecule has 2 aromatic carbocycles. The van der Waals surface area contributed by atoms with Crippen LogP contribution >= 0.6 is 15.9 Å². The first kappa shape index (κ1) is 19.4. The van der Waals surface area contributed by atoms with Crippen LogP contribution in [-0.2, 0) is 4.79 Å². The summed E-state index contributed by atoms with van der Waals surface area (Å²) in [5, 5.41) is 4.16. The first-order chi connectivity index (χ1) is 13.0. The SMILES string of the molecule is CC(=NNC(=O)COc1cccc(Br)c1)c1ccc(F)cc1N1CCCC1. The van der Waals surface area contributed by atoms with Gasteiger partial charge in [0.05, 0.1) is 5.71 Å². The third kappa shape index (κ3) is 5.29. The molecule has 7 heteroatoms. The Morgan fingerprint density at radius 1 is 1.26 bits per heavy atom. The summed E-state index contributed by atoms with van der Waals surface area (Å²) < 4.78 is 20.0. The van der Waals surface area contributed by atoms with Crippen molar-refractivity contribution in [1.29, 1.82) is 0 Å². The number of ether oxygens (including phenoxy) is 1. The van der Waals surface area contributed by atoms with E-state index in [0.29, 0.717) is 11.5 Å². The molecular formula is C20H21BrFN3O2. The van der Waals surface area contributed by atoms with E-state index in [4.69, 9.17) is 4.74 Å². The molecule has 0 bridgehead atoms. The lowest BCUT2D eigenvalue weighted by molar-refractivity contribution is -0.123. The average molecular weight is 434 g/mol. The predicted molar refractivity (Wildman–Crippen MR) is 108 cm³/mol. The lowest BCUT2D eigenvalue weighted by atomic mass is 10.1. The predicted octanol–water partition coefficient (Wildman–Crippen LogP) is 4.11. The van der Waals surface area contributed by atoms with Crippen LogP contribution in [0.25, 0.3) is 0 Å². The van der Waals surface area contributed by atoms with Crippen LogP contribution in [0.15, 0.2) is 52.0 Å². The van der Waals surface area contributed by atoms with Crippen LogP contribution in [0.1, 0.15) is 25.3 Å². The second kappa shape index (κ2) is 8.99. The fourth-order valence-corrected chi connectivity index (χ4v) is 3.35. The van der Waals surface area contributed by atoms with Crippen LogP contribution in [0.3, 0.4) is 0 Å². The van der Waals surface area contributed by atoms with Crippen LogP contribution < -0.4 is 15.1 Å². The third-order valence-electron chi connectivity index (χ3n) is 4.31. The number of rotatable bonds is 6. The van der Waals surface area contributed by atoms with Gasteiger partial charge in [0.15, 0.2) is 6.61 Å². The van der Waals surface area contributed by atoms with E-state index in [1.54, 1.807) is 25.1 Å². The van der Waals surface area contributed by atoms with Gasteiger partial charge in [0.25, 0.3) is 5.91 Å². The molecule has 1 heterocycles.